The Morgan fingerprint density at radius 1 is 1.10 bits per heavy atom. The highest BCUT2D eigenvalue weighted by Crippen LogP contribution is 2.29. The van der Waals surface area contributed by atoms with Crippen LogP contribution < -0.4 is 0 Å². The van der Waals surface area contributed by atoms with E-state index >= 15 is 0 Å². The Morgan fingerprint density at radius 3 is 2.33 bits per heavy atom. The van der Waals surface area contributed by atoms with Gasteiger partial charge in [0.15, 0.2) is 4.98 Å². The normalized spacial score (nSPS) is 10.5. The number of benzene rings is 2. The smallest absolute Gasteiger partial charge is 0.258 e. The molecule has 0 saturated carbocycles. The van der Waals surface area contributed by atoms with Crippen LogP contribution in [0.4, 0.5) is 22.7 Å². The fraction of sp³-hybridized carbons (Fsp3) is 0.143. The zero-order valence-corrected chi connectivity index (χ0v) is 11.5. The summed E-state index contributed by atoms with van der Waals surface area (Å²) < 4.78 is 0. The van der Waals surface area contributed by atoms with E-state index in [1.165, 1.54) is 24.3 Å². The maximum absolute atomic E-state index is 10.6. The van der Waals surface area contributed by atoms with Crippen LogP contribution in [0.2, 0.25) is 0 Å². The third kappa shape index (κ3) is 3.25. The second-order valence-electron chi connectivity index (χ2n) is 4.50. The average molecular weight is 282 g/mol. The van der Waals surface area contributed by atoms with Crippen molar-refractivity contribution in [2.45, 2.75) is 13.8 Å². The number of hydrogen-bond acceptors (Lipinski definition) is 5. The van der Waals surface area contributed by atoms with Gasteiger partial charge in [-0.1, -0.05) is 0 Å². The van der Waals surface area contributed by atoms with E-state index in [0.717, 1.165) is 11.1 Å². The molecule has 0 aliphatic heterocycles. The quantitative estimate of drug-likeness (QED) is 0.338. The summed E-state index contributed by atoms with van der Waals surface area (Å²) in [6.07, 6.45) is 0. The molecule has 0 atom stereocenters. The third-order valence-corrected chi connectivity index (χ3v) is 2.96. The standard InChI is InChI=1S/C14H12N5O2/c1-9-8-14(10(2)7-13(9)16-15)18-17-11-3-5-12(6-4-11)19(20)21/h3-8H,1-2H3/q+1. The Labute approximate surface area is 120 Å². The number of aryl methyl sites for hydroxylation is 2. The Kier molecular flexibility index (Phi) is 4.00. The summed E-state index contributed by atoms with van der Waals surface area (Å²) in [6.45, 7) is 3.64. The lowest BCUT2D eigenvalue weighted by molar-refractivity contribution is -0.384. The molecule has 2 aromatic carbocycles. The molecule has 2 aromatic rings. The Hall–Kier alpha value is -3.14. The van der Waals surface area contributed by atoms with Crippen molar-refractivity contribution in [2.24, 2.45) is 10.2 Å². The molecule has 104 valence electrons. The Balaban J connectivity index is 2.27. The number of nitro benzene ring substituents is 1. The number of hydrogen-bond donors (Lipinski definition) is 0. The van der Waals surface area contributed by atoms with Crippen LogP contribution in [0.3, 0.4) is 0 Å². The maximum atomic E-state index is 10.6. The molecule has 0 aliphatic carbocycles. The summed E-state index contributed by atoms with van der Waals surface area (Å²) in [5.41, 5.74) is 3.27. The van der Waals surface area contributed by atoms with E-state index in [2.05, 4.69) is 15.2 Å². The van der Waals surface area contributed by atoms with Crippen molar-refractivity contribution in [3.63, 3.8) is 0 Å². The van der Waals surface area contributed by atoms with Crippen LogP contribution in [0.15, 0.2) is 46.6 Å². The number of diazo groups is 1. The van der Waals surface area contributed by atoms with Crippen molar-refractivity contribution < 1.29 is 4.92 Å². The maximum Gasteiger partial charge on any atom is 0.388 e. The predicted octanol–water partition coefficient (Wildman–Crippen LogP) is 5.11. The van der Waals surface area contributed by atoms with Gasteiger partial charge in [-0.25, -0.2) is 0 Å². The van der Waals surface area contributed by atoms with Crippen molar-refractivity contribution in [1.29, 1.82) is 5.39 Å². The van der Waals surface area contributed by atoms with Gasteiger partial charge in [-0.15, -0.1) is 0 Å². The van der Waals surface area contributed by atoms with Gasteiger partial charge in [0.25, 0.3) is 5.69 Å². The van der Waals surface area contributed by atoms with Crippen molar-refractivity contribution >= 4 is 22.7 Å². The van der Waals surface area contributed by atoms with Gasteiger partial charge in [-0.05, 0) is 37.6 Å². The van der Waals surface area contributed by atoms with E-state index in [0.29, 0.717) is 17.1 Å². The molecule has 0 amide bonds. The van der Waals surface area contributed by atoms with Gasteiger partial charge in [-0.3, -0.25) is 10.1 Å². The minimum absolute atomic E-state index is 0.00915. The summed E-state index contributed by atoms with van der Waals surface area (Å²) in [5, 5.41) is 27.5. The SMILES string of the molecule is Cc1cc([N+]#N)c(C)cc1N=Nc1ccc([N+](=O)[O-])cc1. The number of nitro groups is 1. The van der Waals surface area contributed by atoms with Gasteiger partial charge in [0.2, 0.25) is 5.39 Å². The molecular weight excluding hydrogens is 270 g/mol. The molecule has 0 bridgehead atoms. The van der Waals surface area contributed by atoms with Gasteiger partial charge in [0.1, 0.15) is 0 Å². The number of non-ortho nitro benzene ring substituents is 1. The lowest BCUT2D eigenvalue weighted by atomic mass is 10.1. The van der Waals surface area contributed by atoms with Crippen LogP contribution in [0.5, 0.6) is 0 Å². The fourth-order valence-corrected chi connectivity index (χ4v) is 1.75. The van der Waals surface area contributed by atoms with E-state index in [1.54, 1.807) is 19.1 Å². The second kappa shape index (κ2) is 5.88. The summed E-state index contributed by atoms with van der Waals surface area (Å²) in [7, 11) is 0. The molecule has 7 nitrogen and oxygen atoms in total. The molecule has 0 saturated heterocycles. The van der Waals surface area contributed by atoms with Crippen molar-refractivity contribution in [1.82, 2.24) is 0 Å². The molecule has 7 heteroatoms. The molecule has 0 N–H and O–H groups in total. The van der Waals surface area contributed by atoms with E-state index in [4.69, 9.17) is 5.39 Å². The largest absolute Gasteiger partial charge is 0.388 e. The average Bonchev–Trinajstić information content (AvgIpc) is 2.48. The van der Waals surface area contributed by atoms with Crippen molar-refractivity contribution in [3.8, 4) is 0 Å². The van der Waals surface area contributed by atoms with Crippen LogP contribution in [0.25, 0.3) is 4.98 Å². The van der Waals surface area contributed by atoms with Gasteiger partial charge in [-0.2, -0.15) is 10.2 Å². The lowest BCUT2D eigenvalue weighted by Gasteiger charge is -1.98. The highest BCUT2D eigenvalue weighted by Gasteiger charge is 2.13. The molecule has 0 unspecified atom stereocenters. The first-order valence-electron chi connectivity index (χ1n) is 6.14. The first-order chi connectivity index (χ1) is 10.0. The summed E-state index contributed by atoms with van der Waals surface area (Å²) in [4.78, 5) is 13.3. The van der Waals surface area contributed by atoms with Crippen molar-refractivity contribution in [3.05, 3.63) is 62.6 Å². The molecule has 2 rings (SSSR count). The topological polar surface area (TPSA) is 96.0 Å². The van der Waals surface area contributed by atoms with Crippen LogP contribution in [-0.4, -0.2) is 4.92 Å². The molecule has 0 spiro atoms. The molecule has 21 heavy (non-hydrogen) atoms. The van der Waals surface area contributed by atoms with Gasteiger partial charge < -0.3 is 0 Å². The van der Waals surface area contributed by atoms with E-state index in [-0.39, 0.29) is 5.69 Å². The lowest BCUT2D eigenvalue weighted by Crippen LogP contribution is -1.85. The van der Waals surface area contributed by atoms with Gasteiger partial charge >= 0.3 is 5.69 Å². The molecule has 0 aromatic heterocycles. The minimum Gasteiger partial charge on any atom is -0.258 e. The molecule has 0 radical (unpaired) electrons. The number of rotatable bonds is 3. The highest BCUT2D eigenvalue weighted by molar-refractivity contribution is 5.61. The second-order valence-corrected chi connectivity index (χ2v) is 4.50. The van der Waals surface area contributed by atoms with E-state index < -0.39 is 4.92 Å². The van der Waals surface area contributed by atoms with Crippen LogP contribution in [0.1, 0.15) is 11.1 Å². The van der Waals surface area contributed by atoms with E-state index in [1.807, 2.05) is 6.92 Å². The van der Waals surface area contributed by atoms with Gasteiger partial charge in [0.05, 0.1) is 16.3 Å². The Morgan fingerprint density at radius 2 is 1.76 bits per heavy atom. The van der Waals surface area contributed by atoms with Crippen LogP contribution in [0, 0.1) is 29.4 Å². The Bertz CT molecular complexity index is 760. The molecule has 0 fully saturated rings. The van der Waals surface area contributed by atoms with E-state index in [9.17, 15) is 10.1 Å². The predicted molar refractivity (Wildman–Crippen MR) is 77.9 cm³/mol. The van der Waals surface area contributed by atoms with Crippen LogP contribution in [-0.2, 0) is 0 Å². The zero-order chi connectivity index (χ0) is 15.4. The van der Waals surface area contributed by atoms with Crippen LogP contribution >= 0.6 is 0 Å². The number of nitrogens with zero attached hydrogens (tertiary/aromatic N) is 5. The molecule has 0 aliphatic rings. The third-order valence-electron chi connectivity index (χ3n) is 2.96. The monoisotopic (exact) mass is 282 g/mol. The zero-order valence-electron chi connectivity index (χ0n) is 11.5. The van der Waals surface area contributed by atoms with Crippen molar-refractivity contribution in [2.75, 3.05) is 0 Å². The summed E-state index contributed by atoms with van der Waals surface area (Å²) in [5.74, 6) is 0. The highest BCUT2D eigenvalue weighted by atomic mass is 16.6. The van der Waals surface area contributed by atoms with Gasteiger partial charge in [0, 0.05) is 23.8 Å². The summed E-state index contributed by atoms with van der Waals surface area (Å²) in [6, 6.07) is 9.28. The fourth-order valence-electron chi connectivity index (χ4n) is 1.75. The first kappa shape index (κ1) is 14.3. The minimum atomic E-state index is -0.467. The number of azo groups is 1. The summed E-state index contributed by atoms with van der Waals surface area (Å²) >= 11 is 0. The molecule has 0 heterocycles. The first-order valence-corrected chi connectivity index (χ1v) is 6.14. The molecular formula is C14H12N5O2+.